The third kappa shape index (κ3) is 1.61. The first-order chi connectivity index (χ1) is 7.84. The van der Waals surface area contributed by atoms with E-state index in [0.29, 0.717) is 11.5 Å². The van der Waals surface area contributed by atoms with Gasteiger partial charge in [0.05, 0.1) is 6.26 Å². The molecule has 84 valence electrons. The maximum atomic E-state index is 13.9. The second kappa shape index (κ2) is 3.91. The fourth-order valence-electron chi connectivity index (χ4n) is 2.43. The molecule has 2 aromatic rings. The molecule has 2 heterocycles. The zero-order valence-corrected chi connectivity index (χ0v) is 9.00. The van der Waals surface area contributed by atoms with Crippen molar-refractivity contribution in [2.24, 2.45) is 0 Å². The van der Waals surface area contributed by atoms with E-state index in [4.69, 9.17) is 4.42 Å². The maximum Gasteiger partial charge on any atom is 0.136 e. The van der Waals surface area contributed by atoms with E-state index in [1.54, 1.807) is 6.26 Å². The number of rotatable bonds is 1. The highest BCUT2D eigenvalue weighted by molar-refractivity contribution is 5.78. The highest BCUT2D eigenvalue weighted by atomic mass is 19.1. The molecule has 3 heteroatoms. The van der Waals surface area contributed by atoms with Gasteiger partial charge in [-0.25, -0.2) is 4.39 Å². The summed E-state index contributed by atoms with van der Waals surface area (Å²) in [5, 5.41) is 4.30. The minimum atomic E-state index is -0.142. The van der Waals surface area contributed by atoms with Gasteiger partial charge >= 0.3 is 0 Å². The molecule has 1 aliphatic heterocycles. The highest BCUT2D eigenvalue weighted by Gasteiger charge is 2.19. The van der Waals surface area contributed by atoms with Crippen LogP contribution >= 0.6 is 0 Å². The lowest BCUT2D eigenvalue weighted by Gasteiger charge is -2.23. The topological polar surface area (TPSA) is 25.2 Å². The third-order valence-corrected chi connectivity index (χ3v) is 3.31. The van der Waals surface area contributed by atoms with E-state index in [2.05, 4.69) is 5.32 Å². The Bertz CT molecular complexity index is 500. The Morgan fingerprint density at radius 3 is 3.12 bits per heavy atom. The van der Waals surface area contributed by atoms with Crippen molar-refractivity contribution in [1.29, 1.82) is 0 Å². The van der Waals surface area contributed by atoms with E-state index in [-0.39, 0.29) is 5.82 Å². The second-order valence-corrected chi connectivity index (χ2v) is 4.38. The smallest absolute Gasteiger partial charge is 0.136 e. The molecule has 1 aromatic heterocycles. The number of piperidine rings is 1. The van der Waals surface area contributed by atoms with E-state index in [9.17, 15) is 4.39 Å². The van der Waals surface area contributed by atoms with Gasteiger partial charge in [-0.05, 0) is 43.0 Å². The molecule has 1 aromatic carbocycles. The van der Waals surface area contributed by atoms with Crippen molar-refractivity contribution in [2.45, 2.75) is 18.8 Å². The van der Waals surface area contributed by atoms with Gasteiger partial charge in [-0.2, -0.15) is 0 Å². The fraction of sp³-hybridized carbons (Fsp3) is 0.385. The van der Waals surface area contributed by atoms with Crippen molar-refractivity contribution in [1.82, 2.24) is 5.32 Å². The number of nitrogens with one attached hydrogen (secondary N) is 1. The Morgan fingerprint density at radius 1 is 1.38 bits per heavy atom. The summed E-state index contributed by atoms with van der Waals surface area (Å²) in [6, 6.07) is 5.31. The van der Waals surface area contributed by atoms with Crippen molar-refractivity contribution in [2.75, 3.05) is 13.1 Å². The molecular formula is C13H14FNO. The van der Waals surface area contributed by atoms with Crippen LogP contribution in [0.5, 0.6) is 0 Å². The largest absolute Gasteiger partial charge is 0.464 e. The van der Waals surface area contributed by atoms with E-state index in [1.807, 2.05) is 12.1 Å². The molecule has 0 radical (unpaired) electrons. The predicted octanol–water partition coefficient (Wildman–Crippen LogP) is 3.04. The Morgan fingerprint density at radius 2 is 2.31 bits per heavy atom. The van der Waals surface area contributed by atoms with Crippen molar-refractivity contribution in [3.05, 3.63) is 35.8 Å². The molecule has 0 amide bonds. The Hall–Kier alpha value is -1.35. The maximum absolute atomic E-state index is 13.9. The lowest BCUT2D eigenvalue weighted by molar-refractivity contribution is 0.446. The quantitative estimate of drug-likeness (QED) is 0.797. The summed E-state index contributed by atoms with van der Waals surface area (Å²) in [6.45, 7) is 1.92. The average Bonchev–Trinajstić information content (AvgIpc) is 2.76. The van der Waals surface area contributed by atoms with Gasteiger partial charge in [0.2, 0.25) is 0 Å². The van der Waals surface area contributed by atoms with Crippen LogP contribution in [-0.4, -0.2) is 13.1 Å². The number of fused-ring (bicyclic) bond motifs is 1. The Labute approximate surface area is 93.4 Å². The van der Waals surface area contributed by atoms with Gasteiger partial charge in [-0.3, -0.25) is 0 Å². The lowest BCUT2D eigenvalue weighted by atomic mass is 9.90. The van der Waals surface area contributed by atoms with Crippen LogP contribution in [0.1, 0.15) is 24.3 Å². The van der Waals surface area contributed by atoms with Crippen LogP contribution in [0.25, 0.3) is 11.0 Å². The molecular weight excluding hydrogens is 205 g/mol. The molecule has 1 fully saturated rings. The SMILES string of the molecule is Fc1cc2occc2cc1C1CCCNC1. The molecule has 1 N–H and O–H groups in total. The first kappa shape index (κ1) is 9.85. The van der Waals surface area contributed by atoms with Crippen LogP contribution in [0, 0.1) is 5.82 Å². The van der Waals surface area contributed by atoms with Gasteiger partial charge < -0.3 is 9.73 Å². The predicted molar refractivity (Wildman–Crippen MR) is 61.0 cm³/mol. The summed E-state index contributed by atoms with van der Waals surface area (Å²) >= 11 is 0. The van der Waals surface area contributed by atoms with Gasteiger partial charge in [0.15, 0.2) is 0 Å². The van der Waals surface area contributed by atoms with Gasteiger partial charge in [-0.1, -0.05) is 0 Å². The fourth-order valence-corrected chi connectivity index (χ4v) is 2.43. The average molecular weight is 219 g/mol. The van der Waals surface area contributed by atoms with Crippen LogP contribution < -0.4 is 5.32 Å². The van der Waals surface area contributed by atoms with Crippen LogP contribution in [0.2, 0.25) is 0 Å². The summed E-state index contributed by atoms with van der Waals surface area (Å²) in [5.74, 6) is 0.157. The molecule has 2 nitrogen and oxygen atoms in total. The van der Waals surface area contributed by atoms with Gasteiger partial charge in [0, 0.05) is 18.0 Å². The van der Waals surface area contributed by atoms with Crippen molar-refractivity contribution >= 4 is 11.0 Å². The summed E-state index contributed by atoms with van der Waals surface area (Å²) < 4.78 is 19.1. The van der Waals surface area contributed by atoms with Crippen LogP contribution in [0.3, 0.4) is 0 Å². The van der Waals surface area contributed by atoms with Gasteiger partial charge in [-0.15, -0.1) is 0 Å². The molecule has 1 saturated heterocycles. The lowest BCUT2D eigenvalue weighted by Crippen LogP contribution is -2.28. The standard InChI is InChI=1S/C13H14FNO/c14-12-7-13-9(3-5-16-13)6-11(12)10-2-1-4-15-8-10/h3,5-7,10,15H,1-2,4,8H2. The zero-order valence-electron chi connectivity index (χ0n) is 9.00. The number of halogens is 1. The van der Waals surface area contributed by atoms with E-state index >= 15 is 0 Å². The highest BCUT2D eigenvalue weighted by Crippen LogP contribution is 2.29. The molecule has 0 aliphatic carbocycles. The number of furan rings is 1. The van der Waals surface area contributed by atoms with Crippen LogP contribution in [0.15, 0.2) is 28.9 Å². The number of hydrogen-bond acceptors (Lipinski definition) is 2. The first-order valence-electron chi connectivity index (χ1n) is 5.72. The Kier molecular flexibility index (Phi) is 2.40. The number of hydrogen-bond donors (Lipinski definition) is 1. The molecule has 0 spiro atoms. The van der Waals surface area contributed by atoms with Gasteiger partial charge in [0.1, 0.15) is 11.4 Å². The van der Waals surface area contributed by atoms with Crippen LogP contribution in [0.4, 0.5) is 4.39 Å². The van der Waals surface area contributed by atoms with Crippen molar-refractivity contribution < 1.29 is 8.81 Å². The summed E-state index contributed by atoms with van der Waals surface area (Å²) in [5.41, 5.74) is 1.45. The van der Waals surface area contributed by atoms with E-state index in [1.165, 1.54) is 6.07 Å². The van der Waals surface area contributed by atoms with Crippen molar-refractivity contribution in [3.8, 4) is 0 Å². The first-order valence-corrected chi connectivity index (χ1v) is 5.72. The van der Waals surface area contributed by atoms with Crippen LogP contribution in [-0.2, 0) is 0 Å². The monoisotopic (exact) mass is 219 g/mol. The molecule has 0 bridgehead atoms. The minimum absolute atomic E-state index is 0.142. The molecule has 1 unspecified atom stereocenters. The van der Waals surface area contributed by atoms with E-state index in [0.717, 1.165) is 36.9 Å². The molecule has 3 rings (SSSR count). The second-order valence-electron chi connectivity index (χ2n) is 4.38. The van der Waals surface area contributed by atoms with E-state index < -0.39 is 0 Å². The molecule has 16 heavy (non-hydrogen) atoms. The molecule has 1 atom stereocenters. The zero-order chi connectivity index (χ0) is 11.0. The molecule has 0 saturated carbocycles. The number of benzene rings is 1. The van der Waals surface area contributed by atoms with Gasteiger partial charge in [0.25, 0.3) is 0 Å². The third-order valence-electron chi connectivity index (χ3n) is 3.31. The Balaban J connectivity index is 2.03. The summed E-state index contributed by atoms with van der Waals surface area (Å²) in [7, 11) is 0. The normalized spacial score (nSPS) is 21.4. The summed E-state index contributed by atoms with van der Waals surface area (Å²) in [6.07, 6.45) is 3.79. The molecule has 1 aliphatic rings. The summed E-state index contributed by atoms with van der Waals surface area (Å²) in [4.78, 5) is 0. The minimum Gasteiger partial charge on any atom is -0.464 e. The van der Waals surface area contributed by atoms with Crippen molar-refractivity contribution in [3.63, 3.8) is 0 Å².